The van der Waals surface area contributed by atoms with Gasteiger partial charge in [0.05, 0.1) is 16.7 Å². The van der Waals surface area contributed by atoms with Crippen molar-refractivity contribution in [2.75, 3.05) is 0 Å². The molecule has 3 heterocycles. The van der Waals surface area contributed by atoms with Gasteiger partial charge < -0.3 is 14.1 Å². The van der Waals surface area contributed by atoms with E-state index in [1.54, 1.807) is 0 Å². The largest absolute Gasteiger partial charge is 0.512 e. The van der Waals surface area contributed by atoms with Gasteiger partial charge in [-0.1, -0.05) is 97.3 Å². The van der Waals surface area contributed by atoms with Crippen LogP contribution in [0.15, 0.2) is 58.8 Å². The summed E-state index contributed by atoms with van der Waals surface area (Å²) in [5, 5.41) is 14.5. The molecule has 3 aromatic heterocycles. The molecular weight excluding hydrogens is 789 g/mol. The second kappa shape index (κ2) is 15.7. The summed E-state index contributed by atoms with van der Waals surface area (Å²) in [6, 6.07) is 16.6. The number of hydrogen-bond donors (Lipinski definition) is 1. The van der Waals surface area contributed by atoms with Gasteiger partial charge in [0.15, 0.2) is 11.4 Å². The Balaban J connectivity index is 0.000000334. The number of aliphatic hydroxyl groups is 1. The van der Waals surface area contributed by atoms with Crippen molar-refractivity contribution < 1.29 is 34.4 Å². The van der Waals surface area contributed by atoms with E-state index in [0.717, 1.165) is 58.8 Å². The van der Waals surface area contributed by atoms with Gasteiger partial charge in [0.25, 0.3) is 0 Å². The van der Waals surface area contributed by atoms with Crippen molar-refractivity contribution in [3.05, 3.63) is 71.6 Å². The van der Waals surface area contributed by atoms with E-state index in [0.29, 0.717) is 0 Å². The Morgan fingerprint density at radius 3 is 2.15 bits per heavy atom. The second-order valence-corrected chi connectivity index (χ2v) is 19.9. The molecule has 0 atom stereocenters. The van der Waals surface area contributed by atoms with Gasteiger partial charge in [-0.2, -0.15) is 0 Å². The summed E-state index contributed by atoms with van der Waals surface area (Å²) >= 11 is 0. The molecule has 7 heteroatoms. The van der Waals surface area contributed by atoms with Crippen LogP contribution in [0.4, 0.5) is 0 Å². The normalized spacial score (nSPS) is 12.6. The first-order chi connectivity index (χ1) is 22.1. The topological polar surface area (TPSA) is 68.3 Å². The number of fused-ring (bicyclic) bond motifs is 4. The zero-order chi connectivity index (χ0) is 34.8. The molecule has 1 radical (unpaired) electrons. The molecule has 1 N–H and O–H groups in total. The molecule has 0 bridgehead atoms. The van der Waals surface area contributed by atoms with E-state index in [2.05, 4.69) is 101 Å². The number of rotatable bonds is 9. The fourth-order valence-corrected chi connectivity index (χ4v) is 8.50. The Morgan fingerprint density at radius 1 is 0.979 bits per heavy atom. The van der Waals surface area contributed by atoms with Gasteiger partial charge in [0.1, 0.15) is 8.07 Å². The van der Waals surface area contributed by atoms with Crippen LogP contribution in [0.3, 0.4) is 0 Å². The van der Waals surface area contributed by atoms with Gasteiger partial charge in [-0.3, -0.25) is 9.78 Å². The molecular formula is C41H55IrN2O3Si-. The molecule has 0 saturated heterocycles. The van der Waals surface area contributed by atoms with Crippen molar-refractivity contribution in [2.24, 2.45) is 18.9 Å². The summed E-state index contributed by atoms with van der Waals surface area (Å²) < 4.78 is 8.81. The van der Waals surface area contributed by atoms with E-state index in [-0.39, 0.29) is 48.9 Å². The van der Waals surface area contributed by atoms with Gasteiger partial charge in [0.2, 0.25) is 0 Å². The Morgan fingerprint density at radius 2 is 1.58 bits per heavy atom. The first kappa shape index (κ1) is 39.4. The number of allylic oxidation sites excluding steroid dienone is 2. The van der Waals surface area contributed by atoms with Crippen LogP contribution in [0.25, 0.3) is 44.0 Å². The predicted octanol–water partition coefficient (Wildman–Crippen LogP) is 11.0. The number of ketones is 1. The number of furan rings is 1. The second-order valence-electron chi connectivity index (χ2n) is 15.0. The summed E-state index contributed by atoms with van der Waals surface area (Å²) in [7, 11) is 0.564. The minimum absolute atomic E-state index is 0. The molecule has 0 fully saturated rings. The quantitative estimate of drug-likeness (QED) is 0.0695. The van der Waals surface area contributed by atoms with Crippen LogP contribution >= 0.6 is 0 Å². The summed E-state index contributed by atoms with van der Waals surface area (Å²) in [6.07, 6.45) is 6.81. The van der Waals surface area contributed by atoms with Crippen LogP contribution in [0.5, 0.6) is 0 Å². The minimum atomic E-state index is -1.57. The van der Waals surface area contributed by atoms with Crippen molar-refractivity contribution in [1.29, 1.82) is 0 Å². The maximum absolute atomic E-state index is 11.7. The standard InChI is InChI=1S/C28H31N2OSi.C13H24O2.Ir/c1-17-24-26(31-27(17)32(6,7)8)21-13-14-29-23(25(21)30(24)5)19-15-18-11-9-10-12-20(18)22(16-19)28(2,3)4;1-5-10(6-2)12(14)9-13(15)11(7-3)8-4;/h9-14,16H,1-8H3;9-11,14H,5-8H2,1-4H3;/q-1;;/b;12-9-;. The van der Waals surface area contributed by atoms with Crippen LogP contribution < -0.4 is 5.38 Å². The molecule has 0 aliphatic rings. The third-order valence-corrected chi connectivity index (χ3v) is 11.4. The van der Waals surface area contributed by atoms with Crippen LogP contribution in [0.2, 0.25) is 19.6 Å². The summed E-state index contributed by atoms with van der Waals surface area (Å²) in [5.74, 6) is 0.547. The summed E-state index contributed by atoms with van der Waals surface area (Å²) in [6.45, 7) is 24.1. The van der Waals surface area contributed by atoms with E-state index in [9.17, 15) is 9.90 Å². The van der Waals surface area contributed by atoms with Crippen LogP contribution in [-0.2, 0) is 37.4 Å². The number of carbonyl (C=O) groups is 1. The molecule has 48 heavy (non-hydrogen) atoms. The maximum Gasteiger partial charge on any atom is 0.162 e. The van der Waals surface area contributed by atoms with E-state index in [4.69, 9.17) is 9.40 Å². The zero-order valence-corrected chi connectivity index (χ0v) is 34.5. The smallest absolute Gasteiger partial charge is 0.162 e. The van der Waals surface area contributed by atoms with E-state index >= 15 is 0 Å². The molecule has 0 spiro atoms. The number of pyridine rings is 1. The number of aliphatic hydroxyl groups excluding tert-OH is 1. The van der Waals surface area contributed by atoms with Crippen LogP contribution in [0.1, 0.15) is 85.3 Å². The predicted molar refractivity (Wildman–Crippen MR) is 203 cm³/mol. The maximum atomic E-state index is 11.7. The van der Waals surface area contributed by atoms with Crippen LogP contribution in [0, 0.1) is 24.8 Å². The van der Waals surface area contributed by atoms with Crippen molar-refractivity contribution in [1.82, 2.24) is 9.55 Å². The number of nitrogens with zero attached hydrogens (tertiary/aromatic N) is 2. The number of aryl methyl sites for hydroxylation is 2. The minimum Gasteiger partial charge on any atom is -0.512 e. The van der Waals surface area contributed by atoms with E-state index < -0.39 is 8.07 Å². The average Bonchev–Trinajstić information content (AvgIpc) is 3.52. The third kappa shape index (κ3) is 7.90. The van der Waals surface area contributed by atoms with Crippen molar-refractivity contribution in [2.45, 2.75) is 106 Å². The fourth-order valence-electron chi connectivity index (χ4n) is 6.85. The number of aromatic nitrogens is 2. The van der Waals surface area contributed by atoms with Gasteiger partial charge in [-0.05, 0) is 44.1 Å². The van der Waals surface area contributed by atoms with Gasteiger partial charge in [-0.15, -0.1) is 29.1 Å². The van der Waals surface area contributed by atoms with Gasteiger partial charge in [0, 0.05) is 73.4 Å². The van der Waals surface area contributed by atoms with Crippen molar-refractivity contribution in [3.63, 3.8) is 0 Å². The number of hydrogen-bond acceptors (Lipinski definition) is 4. The van der Waals surface area contributed by atoms with Crippen molar-refractivity contribution in [3.8, 4) is 11.3 Å². The zero-order valence-electron chi connectivity index (χ0n) is 31.1. The first-order valence-electron chi connectivity index (χ1n) is 17.4. The molecule has 5 nitrogen and oxygen atoms in total. The molecule has 5 aromatic rings. The number of benzene rings is 2. The SMILES string of the molecule is CCC(CC)C(=O)/C=C(\O)C(CC)CC.Cc1c([Si](C)(C)C)oc2c3ccnc(-c4[c-]c5ccccc5c(C(C)(C)C)c4)c3n(C)c12.[Ir]. The molecule has 261 valence electrons. The molecule has 2 aromatic carbocycles. The molecule has 0 unspecified atom stereocenters. The fraction of sp³-hybridized carbons (Fsp3) is 0.463. The van der Waals surface area contributed by atoms with Gasteiger partial charge in [-0.25, -0.2) is 0 Å². The number of carbonyl (C=O) groups excluding carboxylic acids is 1. The summed E-state index contributed by atoms with van der Waals surface area (Å²) in [5.41, 5.74) is 7.87. The molecule has 0 aliphatic heterocycles. The molecule has 0 amide bonds. The van der Waals surface area contributed by atoms with Crippen molar-refractivity contribution >= 4 is 52.0 Å². The molecule has 0 saturated carbocycles. The average molecular weight is 844 g/mol. The monoisotopic (exact) mass is 844 g/mol. The van der Waals surface area contributed by atoms with Crippen LogP contribution in [-0.4, -0.2) is 28.5 Å². The first-order valence-corrected chi connectivity index (χ1v) is 20.9. The Labute approximate surface area is 302 Å². The van der Waals surface area contributed by atoms with Gasteiger partial charge >= 0.3 is 0 Å². The van der Waals surface area contributed by atoms with E-state index in [1.165, 1.54) is 33.5 Å². The van der Waals surface area contributed by atoms with E-state index in [1.807, 2.05) is 33.9 Å². The Hall–Kier alpha value is -2.99. The molecule has 5 rings (SSSR count). The molecule has 0 aliphatic carbocycles. The third-order valence-electron chi connectivity index (χ3n) is 9.56. The Kier molecular flexibility index (Phi) is 12.9. The summed E-state index contributed by atoms with van der Waals surface area (Å²) in [4.78, 5) is 16.6. The Bertz CT molecular complexity index is 1910.